The fraction of sp³-hybridized carbons (Fsp3) is 0.440. The maximum absolute atomic E-state index is 13.9. The van der Waals surface area contributed by atoms with Gasteiger partial charge in [0.25, 0.3) is 0 Å². The van der Waals surface area contributed by atoms with E-state index in [2.05, 4.69) is 10.3 Å². The molecule has 2 atom stereocenters. The first-order chi connectivity index (χ1) is 16.1. The zero-order valence-electron chi connectivity index (χ0n) is 18.7. The van der Waals surface area contributed by atoms with Gasteiger partial charge in [0, 0.05) is 30.6 Å². The zero-order valence-corrected chi connectivity index (χ0v) is 19.6. The summed E-state index contributed by atoms with van der Waals surface area (Å²) in [7, 11) is 1.54. The average molecular weight is 468 g/mol. The van der Waals surface area contributed by atoms with Gasteiger partial charge in [0.05, 0.1) is 18.7 Å². The SMILES string of the molecule is COc1ccccc1N(C(=O)[C@@H]1CSC(=O)C1)[C@@H](C(=O)NC1CCCCC1)c1ccncc1. The summed E-state index contributed by atoms with van der Waals surface area (Å²) in [6.45, 7) is 0. The normalized spacial score (nSPS) is 19.7. The molecule has 0 bridgehead atoms. The molecule has 0 unspecified atom stereocenters. The van der Waals surface area contributed by atoms with Crippen molar-refractivity contribution in [2.45, 2.75) is 50.6 Å². The zero-order chi connectivity index (χ0) is 23.2. The van der Waals surface area contributed by atoms with Crippen molar-refractivity contribution in [1.29, 1.82) is 0 Å². The number of hydrogen-bond acceptors (Lipinski definition) is 6. The van der Waals surface area contributed by atoms with Gasteiger partial charge in [-0.05, 0) is 42.7 Å². The summed E-state index contributed by atoms with van der Waals surface area (Å²) in [5.74, 6) is -0.0641. The molecule has 1 saturated heterocycles. The third kappa shape index (κ3) is 5.38. The first-order valence-corrected chi connectivity index (χ1v) is 12.4. The van der Waals surface area contributed by atoms with E-state index in [1.807, 2.05) is 12.1 Å². The van der Waals surface area contributed by atoms with E-state index in [0.29, 0.717) is 22.8 Å². The van der Waals surface area contributed by atoms with Crippen molar-refractivity contribution in [1.82, 2.24) is 10.3 Å². The van der Waals surface area contributed by atoms with Gasteiger partial charge in [0.15, 0.2) is 5.12 Å². The van der Waals surface area contributed by atoms with Gasteiger partial charge in [-0.25, -0.2) is 0 Å². The summed E-state index contributed by atoms with van der Waals surface area (Å²) >= 11 is 1.17. The van der Waals surface area contributed by atoms with Crippen molar-refractivity contribution >= 4 is 34.4 Å². The minimum atomic E-state index is -0.903. The molecule has 1 aliphatic heterocycles. The van der Waals surface area contributed by atoms with Crippen molar-refractivity contribution in [3.63, 3.8) is 0 Å². The largest absolute Gasteiger partial charge is 0.495 e. The number of nitrogens with zero attached hydrogens (tertiary/aromatic N) is 2. The lowest BCUT2D eigenvalue weighted by atomic mass is 9.94. The number of aromatic nitrogens is 1. The Morgan fingerprint density at radius 1 is 1.12 bits per heavy atom. The highest BCUT2D eigenvalue weighted by atomic mass is 32.2. The van der Waals surface area contributed by atoms with Crippen LogP contribution in [0.15, 0.2) is 48.8 Å². The average Bonchev–Trinajstić information content (AvgIpc) is 3.29. The van der Waals surface area contributed by atoms with Gasteiger partial charge in [0.1, 0.15) is 11.8 Å². The molecule has 8 heteroatoms. The number of pyridine rings is 1. The Morgan fingerprint density at radius 3 is 2.52 bits per heavy atom. The number of carbonyl (C=O) groups excluding carboxylic acids is 3. The van der Waals surface area contributed by atoms with Crippen LogP contribution in [0.4, 0.5) is 5.69 Å². The van der Waals surface area contributed by atoms with E-state index >= 15 is 0 Å². The van der Waals surface area contributed by atoms with E-state index in [0.717, 1.165) is 25.7 Å². The molecule has 2 aliphatic rings. The predicted octanol–water partition coefficient (Wildman–Crippen LogP) is 3.89. The number of carbonyl (C=O) groups is 3. The molecule has 0 spiro atoms. The smallest absolute Gasteiger partial charge is 0.248 e. The van der Waals surface area contributed by atoms with Gasteiger partial charge in [0.2, 0.25) is 11.8 Å². The van der Waals surface area contributed by atoms with E-state index in [-0.39, 0.29) is 29.4 Å². The lowest BCUT2D eigenvalue weighted by molar-refractivity contribution is -0.129. The summed E-state index contributed by atoms with van der Waals surface area (Å²) in [4.78, 5) is 45.2. The molecule has 2 amide bonds. The highest BCUT2D eigenvalue weighted by Crippen LogP contribution is 2.38. The quantitative estimate of drug-likeness (QED) is 0.665. The Kier molecular flexibility index (Phi) is 7.65. The van der Waals surface area contributed by atoms with E-state index in [1.165, 1.54) is 23.1 Å². The number of nitrogens with one attached hydrogen (secondary N) is 1. The van der Waals surface area contributed by atoms with E-state index in [9.17, 15) is 14.4 Å². The maximum atomic E-state index is 13.9. The summed E-state index contributed by atoms with van der Waals surface area (Å²) in [6, 6.07) is 9.90. The van der Waals surface area contributed by atoms with Crippen molar-refractivity contribution in [2.75, 3.05) is 17.8 Å². The number of rotatable bonds is 7. The standard InChI is InChI=1S/C25H29N3O4S/c1-32-21-10-6-5-9-20(21)28(25(31)18-15-22(29)33-16-18)23(17-11-13-26-14-12-17)24(30)27-19-7-3-2-4-8-19/h5-6,9-14,18-19,23H,2-4,7-8,15-16H2,1H3,(H,27,30)/t18-,23+/m0/s1. The molecule has 4 rings (SSSR count). The second-order valence-electron chi connectivity index (χ2n) is 8.49. The molecular formula is C25H29N3O4S. The molecule has 1 aliphatic carbocycles. The second-order valence-corrected chi connectivity index (χ2v) is 9.57. The first kappa shape index (κ1) is 23.3. The van der Waals surface area contributed by atoms with Gasteiger partial charge in [-0.2, -0.15) is 0 Å². The van der Waals surface area contributed by atoms with Crippen LogP contribution in [0.5, 0.6) is 5.75 Å². The minimum Gasteiger partial charge on any atom is -0.495 e. The summed E-state index contributed by atoms with van der Waals surface area (Å²) in [5, 5.41) is 3.19. The molecule has 0 radical (unpaired) electrons. The fourth-order valence-electron chi connectivity index (χ4n) is 4.57. The Morgan fingerprint density at radius 2 is 1.85 bits per heavy atom. The molecule has 2 aromatic rings. The van der Waals surface area contributed by atoms with Crippen molar-refractivity contribution in [2.24, 2.45) is 5.92 Å². The van der Waals surface area contributed by atoms with Gasteiger partial charge in [-0.15, -0.1) is 0 Å². The minimum absolute atomic E-state index is 0.000412. The van der Waals surface area contributed by atoms with Crippen LogP contribution in [0.1, 0.15) is 50.1 Å². The number of ether oxygens (including phenoxy) is 1. The lowest BCUT2D eigenvalue weighted by Crippen LogP contribution is -2.49. The van der Waals surface area contributed by atoms with Gasteiger partial charge in [-0.1, -0.05) is 43.2 Å². The predicted molar refractivity (Wildman–Crippen MR) is 128 cm³/mol. The van der Waals surface area contributed by atoms with Crippen LogP contribution in [0.2, 0.25) is 0 Å². The number of hydrogen-bond donors (Lipinski definition) is 1. The van der Waals surface area contributed by atoms with Crippen LogP contribution in [0.25, 0.3) is 0 Å². The van der Waals surface area contributed by atoms with Crippen molar-refractivity contribution < 1.29 is 19.1 Å². The third-order valence-electron chi connectivity index (χ3n) is 6.27. The van der Waals surface area contributed by atoms with Crippen LogP contribution >= 0.6 is 11.8 Å². The van der Waals surface area contributed by atoms with Crippen LogP contribution < -0.4 is 15.0 Å². The molecule has 2 fully saturated rings. The van der Waals surface area contributed by atoms with Gasteiger partial charge >= 0.3 is 0 Å². The molecular weight excluding hydrogens is 438 g/mol. The van der Waals surface area contributed by atoms with Crippen LogP contribution in [0, 0.1) is 5.92 Å². The Balaban J connectivity index is 1.77. The number of anilines is 1. The molecule has 1 saturated carbocycles. The number of methoxy groups -OCH3 is 1. The number of thioether (sulfide) groups is 1. The maximum Gasteiger partial charge on any atom is 0.248 e. The molecule has 1 aromatic carbocycles. The highest BCUT2D eigenvalue weighted by Gasteiger charge is 2.40. The monoisotopic (exact) mass is 467 g/mol. The topological polar surface area (TPSA) is 88.6 Å². The van der Waals surface area contributed by atoms with E-state index in [4.69, 9.17) is 4.74 Å². The van der Waals surface area contributed by atoms with Crippen LogP contribution in [0.3, 0.4) is 0 Å². The lowest BCUT2D eigenvalue weighted by Gasteiger charge is -2.35. The summed E-state index contributed by atoms with van der Waals surface area (Å²) < 4.78 is 5.57. The number of amides is 2. The molecule has 33 heavy (non-hydrogen) atoms. The van der Waals surface area contributed by atoms with Gasteiger partial charge in [-0.3, -0.25) is 24.3 Å². The number of benzene rings is 1. The van der Waals surface area contributed by atoms with E-state index in [1.54, 1.807) is 43.8 Å². The van der Waals surface area contributed by atoms with Crippen LogP contribution in [-0.2, 0) is 14.4 Å². The molecule has 174 valence electrons. The molecule has 1 N–H and O–H groups in total. The van der Waals surface area contributed by atoms with E-state index < -0.39 is 12.0 Å². The van der Waals surface area contributed by atoms with Crippen LogP contribution in [-0.4, -0.2) is 40.8 Å². The highest BCUT2D eigenvalue weighted by molar-refractivity contribution is 8.14. The number of para-hydroxylation sites is 2. The Bertz CT molecular complexity index is 994. The fourth-order valence-corrected chi connectivity index (χ4v) is 5.54. The van der Waals surface area contributed by atoms with Crippen molar-refractivity contribution in [3.05, 3.63) is 54.4 Å². The molecule has 7 nitrogen and oxygen atoms in total. The first-order valence-electron chi connectivity index (χ1n) is 11.4. The Labute approximate surface area is 198 Å². The summed E-state index contributed by atoms with van der Waals surface area (Å²) in [5.41, 5.74) is 1.17. The second kappa shape index (κ2) is 10.8. The molecule has 2 heterocycles. The Hall–Kier alpha value is -2.87. The molecule has 1 aromatic heterocycles. The third-order valence-corrected chi connectivity index (χ3v) is 7.33. The van der Waals surface area contributed by atoms with Gasteiger partial charge < -0.3 is 10.1 Å². The summed E-state index contributed by atoms with van der Waals surface area (Å²) in [6.07, 6.45) is 8.63. The van der Waals surface area contributed by atoms with Crippen molar-refractivity contribution in [3.8, 4) is 5.75 Å².